The van der Waals surface area contributed by atoms with Crippen molar-refractivity contribution in [3.8, 4) is 10.8 Å². The van der Waals surface area contributed by atoms with Gasteiger partial charge in [-0.3, -0.25) is 0 Å². The van der Waals surface area contributed by atoms with E-state index in [9.17, 15) is 0 Å². The Bertz CT molecular complexity index is 804. The van der Waals surface area contributed by atoms with E-state index < -0.39 is 0 Å². The third-order valence-corrected chi connectivity index (χ3v) is 5.35. The number of nitrogens with zero attached hydrogens (tertiary/aromatic N) is 5. The van der Waals surface area contributed by atoms with Crippen LogP contribution in [0.3, 0.4) is 0 Å². The molecule has 3 heterocycles. The minimum Gasteiger partial charge on any atom is -0.333 e. The lowest BCUT2D eigenvalue weighted by molar-refractivity contribution is 0.426. The molecule has 0 aromatic carbocycles. The molecule has 0 saturated heterocycles. The average molecular weight is 345 g/mol. The standard InChI is InChI=1S/C15H15N5OS2/c1-2-7-20-13(10-5-6-10)17-18-15(20)23-9-12-16-14(21-19-12)11-4-3-8-22-11/h2-4,8,10H,1,5-7,9H2. The van der Waals surface area contributed by atoms with Crippen LogP contribution in [0.5, 0.6) is 0 Å². The van der Waals surface area contributed by atoms with Crippen LogP contribution in [0.4, 0.5) is 0 Å². The van der Waals surface area contributed by atoms with E-state index in [1.807, 2.05) is 23.6 Å². The maximum Gasteiger partial charge on any atom is 0.268 e. The summed E-state index contributed by atoms with van der Waals surface area (Å²) in [6.07, 6.45) is 4.28. The molecule has 0 atom stereocenters. The highest BCUT2D eigenvalue weighted by atomic mass is 32.2. The van der Waals surface area contributed by atoms with E-state index in [1.54, 1.807) is 23.1 Å². The summed E-state index contributed by atoms with van der Waals surface area (Å²) in [6, 6.07) is 3.94. The van der Waals surface area contributed by atoms with Gasteiger partial charge in [0.15, 0.2) is 11.0 Å². The van der Waals surface area contributed by atoms with Crippen molar-refractivity contribution in [1.82, 2.24) is 24.9 Å². The molecule has 0 bridgehead atoms. The minimum atomic E-state index is 0.562. The zero-order valence-electron chi connectivity index (χ0n) is 12.4. The van der Waals surface area contributed by atoms with Gasteiger partial charge in [-0.05, 0) is 24.3 Å². The maximum atomic E-state index is 5.31. The monoisotopic (exact) mass is 345 g/mol. The van der Waals surface area contributed by atoms with E-state index >= 15 is 0 Å². The van der Waals surface area contributed by atoms with Gasteiger partial charge in [-0.25, -0.2) is 0 Å². The third-order valence-electron chi connectivity index (χ3n) is 3.53. The summed E-state index contributed by atoms with van der Waals surface area (Å²) < 4.78 is 7.44. The second-order valence-corrected chi connectivity index (χ2v) is 7.19. The molecular weight excluding hydrogens is 330 g/mol. The van der Waals surface area contributed by atoms with E-state index in [2.05, 4.69) is 31.5 Å². The van der Waals surface area contributed by atoms with Gasteiger partial charge < -0.3 is 9.09 Å². The number of rotatable bonds is 7. The zero-order chi connectivity index (χ0) is 15.6. The number of hydrogen-bond acceptors (Lipinski definition) is 7. The fourth-order valence-electron chi connectivity index (χ4n) is 2.29. The van der Waals surface area contributed by atoms with Crippen LogP contribution in [0.1, 0.15) is 30.4 Å². The Morgan fingerprint density at radius 1 is 1.43 bits per heavy atom. The number of thiophene rings is 1. The average Bonchev–Trinajstić information content (AvgIpc) is 2.97. The summed E-state index contributed by atoms with van der Waals surface area (Å²) in [5.41, 5.74) is 0. The number of thioether (sulfide) groups is 1. The summed E-state index contributed by atoms with van der Waals surface area (Å²) in [4.78, 5) is 5.42. The highest BCUT2D eigenvalue weighted by Gasteiger charge is 2.30. The van der Waals surface area contributed by atoms with Crippen molar-refractivity contribution in [3.63, 3.8) is 0 Å². The van der Waals surface area contributed by atoms with E-state index in [-0.39, 0.29) is 0 Å². The van der Waals surface area contributed by atoms with Gasteiger partial charge in [0.25, 0.3) is 5.89 Å². The van der Waals surface area contributed by atoms with Crippen LogP contribution in [-0.4, -0.2) is 24.9 Å². The van der Waals surface area contributed by atoms with Crippen molar-refractivity contribution in [2.75, 3.05) is 0 Å². The SMILES string of the molecule is C=CCn1c(SCc2noc(-c3cccs3)n2)nnc1C1CC1. The number of aromatic nitrogens is 5. The highest BCUT2D eigenvalue weighted by molar-refractivity contribution is 7.98. The molecule has 0 spiro atoms. The molecule has 3 aromatic rings. The van der Waals surface area contributed by atoms with Crippen LogP contribution >= 0.6 is 23.1 Å². The molecule has 23 heavy (non-hydrogen) atoms. The lowest BCUT2D eigenvalue weighted by Crippen LogP contribution is -2.02. The predicted molar refractivity (Wildman–Crippen MR) is 89.4 cm³/mol. The molecule has 0 radical (unpaired) electrons. The molecule has 1 aliphatic carbocycles. The first kappa shape index (κ1) is 14.6. The predicted octanol–water partition coefficient (Wildman–Crippen LogP) is 3.75. The smallest absolute Gasteiger partial charge is 0.268 e. The van der Waals surface area contributed by atoms with Crippen molar-refractivity contribution < 1.29 is 4.52 Å². The Morgan fingerprint density at radius 3 is 3.09 bits per heavy atom. The fourth-order valence-corrected chi connectivity index (χ4v) is 3.74. The lowest BCUT2D eigenvalue weighted by atomic mass is 10.4. The van der Waals surface area contributed by atoms with E-state index in [4.69, 9.17) is 4.52 Å². The Kier molecular flexibility index (Phi) is 4.00. The van der Waals surface area contributed by atoms with Crippen molar-refractivity contribution in [2.45, 2.75) is 36.2 Å². The number of hydrogen-bond donors (Lipinski definition) is 0. The first-order chi connectivity index (χ1) is 11.3. The molecule has 1 fully saturated rings. The Balaban J connectivity index is 1.47. The molecule has 0 aliphatic heterocycles. The molecule has 1 aliphatic rings. The number of allylic oxidation sites excluding steroid dienone is 1. The Morgan fingerprint density at radius 2 is 2.35 bits per heavy atom. The second-order valence-electron chi connectivity index (χ2n) is 5.30. The van der Waals surface area contributed by atoms with Gasteiger partial charge in [0.2, 0.25) is 0 Å². The Hall–Kier alpha value is -1.93. The summed E-state index contributed by atoms with van der Waals surface area (Å²) in [7, 11) is 0. The summed E-state index contributed by atoms with van der Waals surface area (Å²) in [5.74, 6) is 3.47. The summed E-state index contributed by atoms with van der Waals surface area (Å²) in [6.45, 7) is 4.55. The molecule has 1 saturated carbocycles. The molecule has 3 aromatic heterocycles. The van der Waals surface area contributed by atoms with Crippen LogP contribution in [0, 0.1) is 0 Å². The molecule has 4 rings (SSSR count). The molecular formula is C15H15N5OS2. The van der Waals surface area contributed by atoms with Crippen molar-refractivity contribution >= 4 is 23.1 Å². The maximum absolute atomic E-state index is 5.31. The first-order valence-electron chi connectivity index (χ1n) is 7.38. The Labute approximate surface area is 141 Å². The van der Waals surface area contributed by atoms with Crippen molar-refractivity contribution in [1.29, 1.82) is 0 Å². The van der Waals surface area contributed by atoms with Gasteiger partial charge in [0, 0.05) is 12.5 Å². The van der Waals surface area contributed by atoms with Gasteiger partial charge in [-0.1, -0.05) is 29.1 Å². The normalized spacial score (nSPS) is 14.3. The second kappa shape index (κ2) is 6.29. The van der Waals surface area contributed by atoms with Gasteiger partial charge in [0.1, 0.15) is 5.82 Å². The molecule has 0 N–H and O–H groups in total. The van der Waals surface area contributed by atoms with Crippen molar-refractivity contribution in [2.24, 2.45) is 0 Å². The van der Waals surface area contributed by atoms with Crippen LogP contribution in [-0.2, 0) is 12.3 Å². The van der Waals surface area contributed by atoms with Gasteiger partial charge in [0.05, 0.1) is 10.6 Å². The lowest BCUT2D eigenvalue weighted by Gasteiger charge is -2.05. The third kappa shape index (κ3) is 3.09. The van der Waals surface area contributed by atoms with E-state index in [0.717, 1.165) is 22.4 Å². The molecule has 0 amide bonds. The summed E-state index contributed by atoms with van der Waals surface area (Å²) in [5, 5.41) is 15.6. The topological polar surface area (TPSA) is 69.6 Å². The fraction of sp³-hybridized carbons (Fsp3) is 0.333. The van der Waals surface area contributed by atoms with Gasteiger partial charge in [-0.2, -0.15) is 4.98 Å². The van der Waals surface area contributed by atoms with Crippen LogP contribution in [0.15, 0.2) is 39.8 Å². The van der Waals surface area contributed by atoms with Gasteiger partial charge >= 0.3 is 0 Å². The molecule has 6 nitrogen and oxygen atoms in total. The molecule has 8 heteroatoms. The molecule has 0 unspecified atom stereocenters. The first-order valence-corrected chi connectivity index (χ1v) is 9.25. The van der Waals surface area contributed by atoms with Crippen LogP contribution in [0.25, 0.3) is 10.8 Å². The van der Waals surface area contributed by atoms with Crippen LogP contribution < -0.4 is 0 Å². The molecule has 118 valence electrons. The largest absolute Gasteiger partial charge is 0.333 e. The van der Waals surface area contributed by atoms with Gasteiger partial charge in [-0.15, -0.1) is 28.1 Å². The summed E-state index contributed by atoms with van der Waals surface area (Å²) >= 11 is 3.16. The quantitative estimate of drug-likeness (QED) is 0.480. The van der Waals surface area contributed by atoms with Crippen LogP contribution in [0.2, 0.25) is 0 Å². The van der Waals surface area contributed by atoms with E-state index in [1.165, 1.54) is 12.8 Å². The minimum absolute atomic E-state index is 0.562. The van der Waals surface area contributed by atoms with E-state index in [0.29, 0.717) is 23.4 Å². The zero-order valence-corrected chi connectivity index (χ0v) is 14.0. The highest BCUT2D eigenvalue weighted by Crippen LogP contribution is 2.40. The van der Waals surface area contributed by atoms with Crippen molar-refractivity contribution in [3.05, 3.63) is 41.8 Å².